The smallest absolute Gasteiger partial charge is 0.156 e. The summed E-state index contributed by atoms with van der Waals surface area (Å²) in [6.07, 6.45) is 1.75. The molecular weight excluding hydrogens is 324 g/mol. The van der Waals surface area contributed by atoms with E-state index in [0.29, 0.717) is 16.4 Å². The van der Waals surface area contributed by atoms with Crippen LogP contribution in [0.25, 0.3) is 0 Å². The van der Waals surface area contributed by atoms with Crippen LogP contribution in [0.3, 0.4) is 0 Å². The number of aldehydes is 1. The molecule has 7 heteroatoms. The Labute approximate surface area is 115 Å². The van der Waals surface area contributed by atoms with E-state index in [-0.39, 0.29) is 16.5 Å². The number of hydrogen-bond acceptors (Lipinski definition) is 4. The van der Waals surface area contributed by atoms with Crippen LogP contribution in [0, 0.1) is 5.82 Å². The molecule has 1 aromatic heterocycles. The quantitative estimate of drug-likeness (QED) is 0.690. The maximum Gasteiger partial charge on any atom is 0.156 e. The second-order valence-corrected chi connectivity index (χ2v) is 4.51. The highest BCUT2D eigenvalue weighted by Crippen LogP contribution is 2.28. The number of halogens is 3. The van der Waals surface area contributed by atoms with Crippen molar-refractivity contribution in [1.82, 2.24) is 9.97 Å². The second-order valence-electron chi connectivity index (χ2n) is 3.29. The fraction of sp³-hybridized carbons (Fsp3) is 0. The first-order valence-corrected chi connectivity index (χ1v) is 5.96. The molecular formula is C11H6BrClFN3O. The van der Waals surface area contributed by atoms with E-state index < -0.39 is 5.82 Å². The average molecular weight is 331 g/mol. The van der Waals surface area contributed by atoms with Crippen LogP contribution in [0.4, 0.5) is 15.9 Å². The number of carbonyl (C=O) groups excluding carboxylic acids is 1. The molecule has 1 aromatic carbocycles. The summed E-state index contributed by atoms with van der Waals surface area (Å²) in [6, 6.07) is 4.12. The van der Waals surface area contributed by atoms with Crippen LogP contribution < -0.4 is 5.32 Å². The number of rotatable bonds is 3. The summed E-state index contributed by atoms with van der Waals surface area (Å²) in [5.41, 5.74) is 0.559. The van der Waals surface area contributed by atoms with Crippen molar-refractivity contribution in [2.24, 2.45) is 0 Å². The highest BCUT2D eigenvalue weighted by Gasteiger charge is 2.11. The first kappa shape index (κ1) is 12.9. The lowest BCUT2D eigenvalue weighted by atomic mass is 10.3. The fourth-order valence-electron chi connectivity index (χ4n) is 1.30. The van der Waals surface area contributed by atoms with Crippen molar-refractivity contribution in [3.63, 3.8) is 0 Å². The molecule has 4 nitrogen and oxygen atoms in total. The van der Waals surface area contributed by atoms with Gasteiger partial charge in [0.25, 0.3) is 0 Å². The number of carbonyl (C=O) groups is 1. The lowest BCUT2D eigenvalue weighted by Crippen LogP contribution is -2.01. The Morgan fingerprint density at radius 1 is 1.39 bits per heavy atom. The third kappa shape index (κ3) is 2.65. The van der Waals surface area contributed by atoms with Gasteiger partial charge in [-0.1, -0.05) is 11.6 Å². The number of nitrogens with zero attached hydrogens (tertiary/aromatic N) is 2. The molecule has 0 saturated heterocycles. The maximum atomic E-state index is 13.1. The minimum Gasteiger partial charge on any atom is -0.338 e. The topological polar surface area (TPSA) is 54.9 Å². The first-order chi connectivity index (χ1) is 8.61. The summed E-state index contributed by atoms with van der Waals surface area (Å²) >= 11 is 9.02. The Hall–Kier alpha value is -1.53. The molecule has 2 aromatic rings. The molecule has 0 aliphatic heterocycles. The van der Waals surface area contributed by atoms with Crippen LogP contribution in [0.15, 0.2) is 29.0 Å². The van der Waals surface area contributed by atoms with Gasteiger partial charge in [-0.25, -0.2) is 14.4 Å². The predicted molar refractivity (Wildman–Crippen MR) is 69.8 cm³/mol. The Kier molecular flexibility index (Phi) is 3.88. The van der Waals surface area contributed by atoms with Gasteiger partial charge in [0.05, 0.1) is 11.3 Å². The van der Waals surface area contributed by atoms with Crippen LogP contribution in [-0.2, 0) is 0 Å². The number of anilines is 2. The van der Waals surface area contributed by atoms with Gasteiger partial charge in [0.15, 0.2) is 6.29 Å². The number of nitrogens with one attached hydrogen (secondary N) is 1. The second kappa shape index (κ2) is 5.41. The highest BCUT2D eigenvalue weighted by molar-refractivity contribution is 9.10. The summed E-state index contributed by atoms with van der Waals surface area (Å²) in [7, 11) is 0. The van der Waals surface area contributed by atoms with Crippen molar-refractivity contribution in [2.75, 3.05) is 5.32 Å². The van der Waals surface area contributed by atoms with E-state index >= 15 is 0 Å². The van der Waals surface area contributed by atoms with Gasteiger partial charge in [-0.3, -0.25) is 4.79 Å². The highest BCUT2D eigenvalue weighted by atomic mass is 79.9. The minimum absolute atomic E-state index is 0.0371. The van der Waals surface area contributed by atoms with Crippen molar-refractivity contribution < 1.29 is 9.18 Å². The van der Waals surface area contributed by atoms with Gasteiger partial charge >= 0.3 is 0 Å². The Morgan fingerprint density at radius 3 is 2.89 bits per heavy atom. The van der Waals surface area contributed by atoms with E-state index in [0.717, 1.165) is 0 Å². The van der Waals surface area contributed by atoms with Crippen LogP contribution in [0.5, 0.6) is 0 Å². The molecule has 0 aliphatic rings. The molecule has 2 rings (SSSR count). The number of benzene rings is 1. The molecule has 0 radical (unpaired) electrons. The summed E-state index contributed by atoms with van der Waals surface area (Å²) in [6.45, 7) is 0. The van der Waals surface area contributed by atoms with Crippen LogP contribution in [0.2, 0.25) is 5.15 Å². The molecule has 0 spiro atoms. The molecule has 1 heterocycles. The Morgan fingerprint density at radius 2 is 2.17 bits per heavy atom. The molecule has 0 amide bonds. The maximum absolute atomic E-state index is 13.1. The monoisotopic (exact) mass is 329 g/mol. The third-order valence-electron chi connectivity index (χ3n) is 2.13. The molecule has 0 aliphatic carbocycles. The largest absolute Gasteiger partial charge is 0.338 e. The molecule has 1 N–H and O–H groups in total. The van der Waals surface area contributed by atoms with Crippen molar-refractivity contribution in [2.45, 2.75) is 0 Å². The van der Waals surface area contributed by atoms with Crippen molar-refractivity contribution >= 4 is 45.3 Å². The van der Waals surface area contributed by atoms with E-state index in [1.165, 1.54) is 18.5 Å². The van der Waals surface area contributed by atoms with Gasteiger partial charge in [-0.15, -0.1) is 0 Å². The molecule has 0 atom stereocenters. The number of aromatic nitrogens is 2. The van der Waals surface area contributed by atoms with Crippen molar-refractivity contribution in [3.8, 4) is 0 Å². The molecule has 0 saturated carbocycles. The minimum atomic E-state index is -0.409. The first-order valence-electron chi connectivity index (χ1n) is 4.79. The molecule has 0 unspecified atom stereocenters. The van der Waals surface area contributed by atoms with Gasteiger partial charge in [0.2, 0.25) is 0 Å². The summed E-state index contributed by atoms with van der Waals surface area (Å²) in [5, 5.41) is 2.86. The molecule has 18 heavy (non-hydrogen) atoms. The van der Waals surface area contributed by atoms with Crippen LogP contribution >= 0.6 is 27.5 Å². The summed E-state index contributed by atoms with van der Waals surface area (Å²) in [4.78, 5) is 18.5. The van der Waals surface area contributed by atoms with Crippen molar-refractivity contribution in [1.29, 1.82) is 0 Å². The van der Waals surface area contributed by atoms with E-state index in [1.54, 1.807) is 6.07 Å². The van der Waals surface area contributed by atoms with Crippen molar-refractivity contribution in [3.05, 3.63) is 45.5 Å². The van der Waals surface area contributed by atoms with Gasteiger partial charge in [-0.2, -0.15) is 0 Å². The van der Waals surface area contributed by atoms with Gasteiger partial charge in [0.1, 0.15) is 23.1 Å². The lowest BCUT2D eigenvalue weighted by molar-refractivity contribution is 0.112. The lowest BCUT2D eigenvalue weighted by Gasteiger charge is -2.09. The SMILES string of the molecule is O=Cc1c(Cl)ncnc1Nc1cc(F)ccc1Br. The standard InChI is InChI=1S/C11H6BrClFN3O/c12-8-2-1-6(14)3-9(8)17-11-7(4-18)10(13)15-5-16-11/h1-5H,(H,15,16,17). The zero-order valence-electron chi connectivity index (χ0n) is 8.82. The summed E-state index contributed by atoms with van der Waals surface area (Å²) in [5.74, 6) is -0.190. The van der Waals surface area contributed by atoms with Crippen LogP contribution in [-0.4, -0.2) is 16.3 Å². The molecule has 0 bridgehead atoms. The third-order valence-corrected chi connectivity index (χ3v) is 3.13. The van der Waals surface area contributed by atoms with E-state index in [1.807, 2.05) is 0 Å². The Bertz CT molecular complexity index is 609. The van der Waals surface area contributed by atoms with Gasteiger partial charge in [-0.05, 0) is 34.1 Å². The molecule has 92 valence electrons. The molecule has 0 fully saturated rings. The van der Waals surface area contributed by atoms with E-state index in [9.17, 15) is 9.18 Å². The van der Waals surface area contributed by atoms with E-state index in [4.69, 9.17) is 11.6 Å². The summed E-state index contributed by atoms with van der Waals surface area (Å²) < 4.78 is 13.8. The normalized spacial score (nSPS) is 10.2. The average Bonchev–Trinajstić information content (AvgIpc) is 2.34. The predicted octanol–water partition coefficient (Wildman–Crippen LogP) is 3.59. The zero-order chi connectivity index (χ0) is 13.1. The van der Waals surface area contributed by atoms with Gasteiger partial charge in [0, 0.05) is 4.47 Å². The fourth-order valence-corrected chi connectivity index (χ4v) is 1.82. The van der Waals surface area contributed by atoms with Crippen LogP contribution in [0.1, 0.15) is 10.4 Å². The van der Waals surface area contributed by atoms with E-state index in [2.05, 4.69) is 31.2 Å². The Balaban J connectivity index is 2.43. The number of hydrogen-bond donors (Lipinski definition) is 1. The van der Waals surface area contributed by atoms with Gasteiger partial charge < -0.3 is 5.32 Å². The zero-order valence-corrected chi connectivity index (χ0v) is 11.2.